The summed E-state index contributed by atoms with van der Waals surface area (Å²) in [6.45, 7) is 12.2. The molecule has 3 saturated heterocycles. The van der Waals surface area contributed by atoms with E-state index in [1.165, 1.54) is 18.4 Å². The van der Waals surface area contributed by atoms with Crippen LogP contribution < -0.4 is 0 Å². The molecular weight excluding hydrogens is 438 g/mol. The van der Waals surface area contributed by atoms with Crippen LogP contribution in [0, 0.1) is 0 Å². The fourth-order valence-electron chi connectivity index (χ4n) is 5.54. The van der Waals surface area contributed by atoms with Crippen LogP contribution in [0.15, 0.2) is 24.3 Å². The number of likely N-dealkylation sites (tertiary alicyclic amines) is 2. The maximum atomic E-state index is 12.5. The van der Waals surface area contributed by atoms with Gasteiger partial charge in [0.15, 0.2) is 0 Å². The summed E-state index contributed by atoms with van der Waals surface area (Å²) in [6.07, 6.45) is 5.34. The molecule has 0 spiro atoms. The lowest BCUT2D eigenvalue weighted by molar-refractivity contribution is -0.0324. The lowest BCUT2D eigenvalue weighted by Gasteiger charge is -2.49. The number of rotatable bonds is 4. The molecule has 6 nitrogen and oxygen atoms in total. The zero-order valence-electron chi connectivity index (χ0n) is 20.5. The molecule has 1 aromatic rings. The van der Waals surface area contributed by atoms with E-state index in [2.05, 4.69) is 21.9 Å². The first kappa shape index (κ1) is 24.8. The molecule has 184 valence electrons. The fraction of sp³-hybridized carbons (Fsp3) is 0.731. The number of morpholine rings is 1. The third-order valence-corrected chi connectivity index (χ3v) is 7.51. The minimum absolute atomic E-state index is 0.177. The van der Waals surface area contributed by atoms with Gasteiger partial charge in [0, 0.05) is 55.9 Å². The molecule has 0 radical (unpaired) electrons. The highest BCUT2D eigenvalue weighted by atomic mass is 35.5. The third-order valence-electron chi connectivity index (χ3n) is 7.26. The number of hydrogen-bond donors (Lipinski definition) is 0. The Bertz CT molecular complexity index is 768. The lowest BCUT2D eigenvalue weighted by Crippen LogP contribution is -2.59. The molecule has 0 aliphatic carbocycles. The van der Waals surface area contributed by atoms with E-state index in [0.717, 1.165) is 70.2 Å². The van der Waals surface area contributed by atoms with Crippen molar-refractivity contribution in [3.05, 3.63) is 34.9 Å². The standard InChI is InChI=1S/C26H40ClN3O3/c1-26(2,3)33-25(31)29-12-10-22(11-13-29)30-19-24(28-14-16-32-17-15-28)9-8-23(30)18-20-4-6-21(27)7-5-20/h4-7,22-24H,8-19H2,1-3H3/t23-,24-/m1/s1. The summed E-state index contributed by atoms with van der Waals surface area (Å²) in [7, 11) is 0. The predicted octanol–water partition coefficient (Wildman–Crippen LogP) is 4.45. The number of piperidine rings is 2. The number of carbonyl (C=O) groups is 1. The van der Waals surface area contributed by atoms with E-state index in [9.17, 15) is 4.79 Å². The van der Waals surface area contributed by atoms with E-state index < -0.39 is 5.60 Å². The Labute approximate surface area is 204 Å². The number of benzene rings is 1. The highest BCUT2D eigenvalue weighted by Gasteiger charge is 2.38. The molecule has 33 heavy (non-hydrogen) atoms. The molecule has 0 aromatic heterocycles. The molecule has 3 heterocycles. The molecule has 0 bridgehead atoms. The van der Waals surface area contributed by atoms with Gasteiger partial charge in [-0.1, -0.05) is 23.7 Å². The van der Waals surface area contributed by atoms with Crippen molar-refractivity contribution in [1.82, 2.24) is 14.7 Å². The van der Waals surface area contributed by atoms with Crippen LogP contribution in [-0.4, -0.2) is 90.5 Å². The normalized spacial score (nSPS) is 26.4. The first-order valence-electron chi connectivity index (χ1n) is 12.6. The Kier molecular flexibility index (Phi) is 8.21. The van der Waals surface area contributed by atoms with Crippen LogP contribution in [0.3, 0.4) is 0 Å². The van der Waals surface area contributed by atoms with E-state index >= 15 is 0 Å². The van der Waals surface area contributed by atoms with Crippen molar-refractivity contribution in [3.63, 3.8) is 0 Å². The number of carbonyl (C=O) groups excluding carboxylic acids is 1. The summed E-state index contributed by atoms with van der Waals surface area (Å²) in [5.41, 5.74) is 0.904. The van der Waals surface area contributed by atoms with Gasteiger partial charge >= 0.3 is 6.09 Å². The SMILES string of the molecule is CC(C)(C)OC(=O)N1CCC(N2C[C@H](N3CCOCC3)CC[C@@H]2Cc2ccc(Cl)cc2)CC1. The van der Waals surface area contributed by atoms with Crippen molar-refractivity contribution in [2.75, 3.05) is 45.9 Å². The van der Waals surface area contributed by atoms with Crippen molar-refractivity contribution >= 4 is 17.7 Å². The predicted molar refractivity (Wildman–Crippen MR) is 132 cm³/mol. The summed E-state index contributed by atoms with van der Waals surface area (Å²) < 4.78 is 11.2. The number of ether oxygens (including phenoxy) is 2. The Morgan fingerprint density at radius 1 is 1.00 bits per heavy atom. The Balaban J connectivity index is 1.42. The fourth-order valence-corrected chi connectivity index (χ4v) is 5.67. The average Bonchev–Trinajstić information content (AvgIpc) is 2.80. The van der Waals surface area contributed by atoms with E-state index in [-0.39, 0.29) is 6.09 Å². The van der Waals surface area contributed by atoms with Gasteiger partial charge in [0.05, 0.1) is 13.2 Å². The third kappa shape index (κ3) is 6.84. The van der Waals surface area contributed by atoms with Gasteiger partial charge < -0.3 is 14.4 Å². The molecule has 1 aromatic carbocycles. The van der Waals surface area contributed by atoms with Gasteiger partial charge in [-0.25, -0.2) is 4.79 Å². The summed E-state index contributed by atoms with van der Waals surface area (Å²) >= 11 is 6.12. The molecule has 1 amide bonds. The van der Waals surface area contributed by atoms with Crippen molar-refractivity contribution < 1.29 is 14.3 Å². The largest absolute Gasteiger partial charge is 0.444 e. The lowest BCUT2D eigenvalue weighted by atomic mass is 9.88. The Hall–Kier alpha value is -1.34. The van der Waals surface area contributed by atoms with E-state index in [1.807, 2.05) is 37.8 Å². The summed E-state index contributed by atoms with van der Waals surface area (Å²) in [4.78, 5) is 19.8. The molecule has 3 fully saturated rings. The number of hydrogen-bond acceptors (Lipinski definition) is 5. The smallest absolute Gasteiger partial charge is 0.410 e. The zero-order valence-corrected chi connectivity index (χ0v) is 21.2. The first-order chi connectivity index (χ1) is 15.8. The number of nitrogens with zero attached hydrogens (tertiary/aromatic N) is 3. The van der Waals surface area contributed by atoms with Gasteiger partial charge in [-0.3, -0.25) is 9.80 Å². The van der Waals surface area contributed by atoms with E-state index in [0.29, 0.717) is 18.1 Å². The van der Waals surface area contributed by atoms with Gasteiger partial charge in [-0.2, -0.15) is 0 Å². The molecule has 0 saturated carbocycles. The molecular formula is C26H40ClN3O3. The molecule has 4 rings (SSSR count). The number of amides is 1. The van der Waals surface area contributed by atoms with Crippen molar-refractivity contribution in [3.8, 4) is 0 Å². The quantitative estimate of drug-likeness (QED) is 0.641. The maximum Gasteiger partial charge on any atom is 0.410 e. The monoisotopic (exact) mass is 477 g/mol. The summed E-state index contributed by atoms with van der Waals surface area (Å²) in [5, 5.41) is 0.793. The van der Waals surface area contributed by atoms with E-state index in [1.54, 1.807) is 0 Å². The van der Waals surface area contributed by atoms with Crippen LogP contribution in [-0.2, 0) is 15.9 Å². The van der Waals surface area contributed by atoms with Gasteiger partial charge in [0.25, 0.3) is 0 Å². The van der Waals surface area contributed by atoms with Gasteiger partial charge in [-0.05, 0) is 70.6 Å². The van der Waals surface area contributed by atoms with Crippen LogP contribution >= 0.6 is 11.6 Å². The zero-order chi connectivity index (χ0) is 23.4. The van der Waals surface area contributed by atoms with Crippen LogP contribution in [0.5, 0.6) is 0 Å². The van der Waals surface area contributed by atoms with Gasteiger partial charge in [0.2, 0.25) is 0 Å². The summed E-state index contributed by atoms with van der Waals surface area (Å²) in [6, 6.07) is 9.96. The Morgan fingerprint density at radius 2 is 1.67 bits per heavy atom. The Morgan fingerprint density at radius 3 is 2.30 bits per heavy atom. The molecule has 3 aliphatic heterocycles. The average molecular weight is 478 g/mol. The van der Waals surface area contributed by atoms with Crippen molar-refractivity contribution in [2.24, 2.45) is 0 Å². The topological polar surface area (TPSA) is 45.2 Å². The molecule has 3 aliphatic rings. The van der Waals surface area contributed by atoms with Crippen LogP contribution in [0.25, 0.3) is 0 Å². The second-order valence-corrected chi connectivity index (χ2v) is 11.2. The van der Waals surface area contributed by atoms with Gasteiger partial charge in [0.1, 0.15) is 5.60 Å². The molecule has 7 heteroatoms. The van der Waals surface area contributed by atoms with Crippen LogP contribution in [0.4, 0.5) is 4.79 Å². The minimum Gasteiger partial charge on any atom is -0.444 e. The second-order valence-electron chi connectivity index (χ2n) is 10.8. The van der Waals surface area contributed by atoms with Crippen LogP contribution in [0.1, 0.15) is 52.0 Å². The molecule has 0 unspecified atom stereocenters. The van der Waals surface area contributed by atoms with Crippen LogP contribution in [0.2, 0.25) is 5.02 Å². The molecule has 2 atom stereocenters. The highest BCUT2D eigenvalue weighted by molar-refractivity contribution is 6.30. The summed E-state index contributed by atoms with van der Waals surface area (Å²) in [5.74, 6) is 0. The van der Waals surface area contributed by atoms with E-state index in [4.69, 9.17) is 21.1 Å². The first-order valence-corrected chi connectivity index (χ1v) is 13.0. The van der Waals surface area contributed by atoms with Crippen molar-refractivity contribution in [2.45, 2.75) is 76.6 Å². The minimum atomic E-state index is -0.449. The maximum absolute atomic E-state index is 12.5. The highest BCUT2D eigenvalue weighted by Crippen LogP contribution is 2.30. The second kappa shape index (κ2) is 10.9. The molecule has 0 N–H and O–H groups in total. The number of halogens is 1. The van der Waals surface area contributed by atoms with Crippen molar-refractivity contribution in [1.29, 1.82) is 0 Å². The van der Waals surface area contributed by atoms with Gasteiger partial charge in [-0.15, -0.1) is 0 Å².